The molecular formula is C16H16BrN5O2. The smallest absolute Gasteiger partial charge is 0.303 e. The number of fused-ring (bicyclic) bond motifs is 3. The Morgan fingerprint density at radius 3 is 2.46 bits per heavy atom. The van der Waals surface area contributed by atoms with Crippen LogP contribution in [0.4, 0.5) is 10.5 Å². The molecule has 3 aliphatic rings. The number of carbonyl (C=O) groups is 2. The van der Waals surface area contributed by atoms with Gasteiger partial charge in [0, 0.05) is 28.6 Å². The zero-order valence-corrected chi connectivity index (χ0v) is 15.0. The lowest BCUT2D eigenvalue weighted by Crippen LogP contribution is -2.63. The number of hydrogen-bond donors (Lipinski definition) is 1. The predicted octanol–water partition coefficient (Wildman–Crippen LogP) is 2.07. The highest BCUT2D eigenvalue weighted by atomic mass is 79.9. The topological polar surface area (TPSA) is 68.2 Å². The largest absolute Gasteiger partial charge is 0.325 e. The van der Waals surface area contributed by atoms with Gasteiger partial charge in [0.25, 0.3) is 5.91 Å². The van der Waals surface area contributed by atoms with Crippen molar-refractivity contribution in [3.8, 4) is 0 Å². The lowest BCUT2D eigenvalue weighted by atomic mass is 10.1. The average Bonchev–Trinajstić information content (AvgIpc) is 3.04. The van der Waals surface area contributed by atoms with Gasteiger partial charge in [0.2, 0.25) is 5.96 Å². The van der Waals surface area contributed by atoms with E-state index in [1.54, 1.807) is 7.05 Å². The van der Waals surface area contributed by atoms with Gasteiger partial charge in [-0.1, -0.05) is 15.9 Å². The van der Waals surface area contributed by atoms with E-state index in [0.717, 1.165) is 21.6 Å². The van der Waals surface area contributed by atoms with Crippen LogP contribution in [0.25, 0.3) is 0 Å². The Kier molecular flexibility index (Phi) is 3.21. The minimum absolute atomic E-state index is 0.313. The summed E-state index contributed by atoms with van der Waals surface area (Å²) in [5.74, 6) is 0.366. The fourth-order valence-electron chi connectivity index (χ4n) is 3.36. The molecule has 124 valence electrons. The van der Waals surface area contributed by atoms with Crippen LogP contribution in [0.2, 0.25) is 0 Å². The maximum Gasteiger partial charge on any atom is 0.325 e. The molecular weight excluding hydrogens is 374 g/mol. The number of aliphatic imine (C=N–C) groups is 1. The Morgan fingerprint density at radius 1 is 1.12 bits per heavy atom. The summed E-state index contributed by atoms with van der Waals surface area (Å²) < 4.78 is 0.993. The molecule has 1 aromatic rings. The van der Waals surface area contributed by atoms with Gasteiger partial charge in [-0.3, -0.25) is 19.9 Å². The summed E-state index contributed by atoms with van der Waals surface area (Å²) in [5, 5.41) is 2.40. The summed E-state index contributed by atoms with van der Waals surface area (Å²) in [6.45, 7) is 3.97. The van der Waals surface area contributed by atoms with Crippen molar-refractivity contribution in [3.05, 3.63) is 40.1 Å². The van der Waals surface area contributed by atoms with Gasteiger partial charge in [-0.2, -0.15) is 0 Å². The minimum Gasteiger partial charge on any atom is -0.303 e. The zero-order chi connectivity index (χ0) is 17.2. The number of nitrogens with one attached hydrogen (secondary N) is 1. The first-order chi connectivity index (χ1) is 11.4. The Labute approximate surface area is 147 Å². The van der Waals surface area contributed by atoms with E-state index < -0.39 is 18.2 Å². The van der Waals surface area contributed by atoms with E-state index in [2.05, 4.69) is 21.2 Å². The number of carbonyl (C=O) groups excluding carboxylic acids is 2. The molecule has 0 aromatic heterocycles. The Balaban J connectivity index is 1.81. The van der Waals surface area contributed by atoms with Gasteiger partial charge in [-0.15, -0.1) is 0 Å². The van der Waals surface area contributed by atoms with Crippen molar-refractivity contribution < 1.29 is 9.59 Å². The summed E-state index contributed by atoms with van der Waals surface area (Å²) in [6.07, 6.45) is -0.512. The molecule has 2 unspecified atom stereocenters. The molecule has 1 N–H and O–H groups in total. The van der Waals surface area contributed by atoms with E-state index in [1.165, 1.54) is 4.90 Å². The predicted molar refractivity (Wildman–Crippen MR) is 93.1 cm³/mol. The number of rotatable bonds is 1. The third-order valence-corrected chi connectivity index (χ3v) is 5.27. The fourth-order valence-corrected chi connectivity index (χ4v) is 3.62. The van der Waals surface area contributed by atoms with Crippen LogP contribution in [0.15, 0.2) is 45.1 Å². The van der Waals surface area contributed by atoms with Crippen LogP contribution in [0, 0.1) is 0 Å². The van der Waals surface area contributed by atoms with Crippen LogP contribution >= 0.6 is 15.9 Å². The number of allylic oxidation sites excluding steroid dienone is 2. The quantitative estimate of drug-likeness (QED) is 0.797. The molecule has 2 atom stereocenters. The van der Waals surface area contributed by atoms with E-state index in [1.807, 2.05) is 47.9 Å². The van der Waals surface area contributed by atoms with Crippen molar-refractivity contribution >= 4 is 39.5 Å². The first kappa shape index (κ1) is 15.2. The molecule has 3 heterocycles. The summed E-state index contributed by atoms with van der Waals surface area (Å²) in [5.41, 5.74) is 2.94. The van der Waals surface area contributed by atoms with Crippen molar-refractivity contribution in [2.24, 2.45) is 4.99 Å². The SMILES string of the molecule is CC1=C(C)N2C(=NC3C2C(=O)NC(=O)N3C)N1c1ccc(Br)cc1. The van der Waals surface area contributed by atoms with Crippen molar-refractivity contribution in [3.63, 3.8) is 0 Å². The van der Waals surface area contributed by atoms with Crippen LogP contribution in [0.1, 0.15) is 13.8 Å². The van der Waals surface area contributed by atoms with E-state index >= 15 is 0 Å². The molecule has 0 bridgehead atoms. The van der Waals surface area contributed by atoms with Gasteiger partial charge in [0.15, 0.2) is 12.2 Å². The standard InChI is InChI=1S/C16H16BrN5O2/c1-8-9(2)22-12-13(20(3)16(24)19-14(12)23)18-15(22)21(8)11-6-4-10(17)5-7-11/h4-7,12-13H,1-3H3,(H,19,23,24). The van der Waals surface area contributed by atoms with E-state index in [0.29, 0.717) is 5.96 Å². The molecule has 1 fully saturated rings. The summed E-state index contributed by atoms with van der Waals surface area (Å²) in [6, 6.07) is 6.96. The molecule has 0 spiro atoms. The lowest BCUT2D eigenvalue weighted by Gasteiger charge is -2.35. The van der Waals surface area contributed by atoms with Crippen LogP contribution < -0.4 is 10.2 Å². The average molecular weight is 390 g/mol. The molecule has 0 saturated carbocycles. The highest BCUT2D eigenvalue weighted by Gasteiger charge is 2.53. The van der Waals surface area contributed by atoms with Crippen molar-refractivity contribution in [2.75, 3.05) is 11.9 Å². The maximum absolute atomic E-state index is 12.4. The van der Waals surface area contributed by atoms with E-state index in [-0.39, 0.29) is 5.91 Å². The van der Waals surface area contributed by atoms with Crippen molar-refractivity contribution in [2.45, 2.75) is 26.1 Å². The van der Waals surface area contributed by atoms with E-state index in [4.69, 9.17) is 4.99 Å². The first-order valence-corrected chi connectivity index (χ1v) is 8.37. The third-order valence-electron chi connectivity index (χ3n) is 4.74. The number of halogens is 1. The second kappa shape index (κ2) is 5.07. The van der Waals surface area contributed by atoms with Crippen LogP contribution in [0.5, 0.6) is 0 Å². The summed E-state index contributed by atoms with van der Waals surface area (Å²) >= 11 is 3.44. The molecule has 8 heteroatoms. The van der Waals surface area contributed by atoms with E-state index in [9.17, 15) is 9.59 Å². The number of amides is 3. The normalized spacial score (nSPS) is 25.8. The van der Waals surface area contributed by atoms with Gasteiger partial charge in [0.1, 0.15) is 0 Å². The number of nitrogens with zero attached hydrogens (tertiary/aromatic N) is 4. The highest BCUT2D eigenvalue weighted by molar-refractivity contribution is 9.10. The Hall–Kier alpha value is -2.35. The second-order valence-corrected chi connectivity index (χ2v) is 6.96. The third kappa shape index (κ3) is 1.92. The van der Waals surface area contributed by atoms with Gasteiger partial charge in [-0.05, 0) is 38.1 Å². The monoisotopic (exact) mass is 389 g/mol. The fraction of sp³-hybridized carbons (Fsp3) is 0.312. The van der Waals surface area contributed by atoms with Gasteiger partial charge < -0.3 is 4.90 Å². The summed E-state index contributed by atoms with van der Waals surface area (Å²) in [4.78, 5) is 34.4. The first-order valence-electron chi connectivity index (χ1n) is 7.58. The molecule has 4 rings (SSSR count). The molecule has 0 radical (unpaired) electrons. The molecule has 1 aromatic carbocycles. The number of likely N-dealkylation sites (N-methyl/N-ethyl adjacent to an activating group) is 1. The number of hydrogen-bond acceptors (Lipinski definition) is 5. The minimum atomic E-state index is -0.530. The number of guanidine groups is 1. The van der Waals surface area contributed by atoms with Gasteiger partial charge in [0.05, 0.1) is 0 Å². The van der Waals surface area contributed by atoms with Crippen LogP contribution in [-0.2, 0) is 4.79 Å². The molecule has 3 amide bonds. The van der Waals surface area contributed by atoms with Crippen molar-refractivity contribution in [1.82, 2.24) is 15.1 Å². The second-order valence-electron chi connectivity index (χ2n) is 6.05. The van der Waals surface area contributed by atoms with Crippen LogP contribution in [-0.4, -0.2) is 47.0 Å². The van der Waals surface area contributed by atoms with Crippen molar-refractivity contribution in [1.29, 1.82) is 0 Å². The maximum atomic E-state index is 12.4. The molecule has 1 saturated heterocycles. The number of benzene rings is 1. The molecule has 3 aliphatic heterocycles. The molecule has 7 nitrogen and oxygen atoms in total. The lowest BCUT2D eigenvalue weighted by molar-refractivity contribution is -0.126. The molecule has 24 heavy (non-hydrogen) atoms. The molecule has 0 aliphatic carbocycles. The van der Waals surface area contributed by atoms with Gasteiger partial charge in [-0.25, -0.2) is 9.79 Å². The highest BCUT2D eigenvalue weighted by Crippen LogP contribution is 2.38. The Morgan fingerprint density at radius 2 is 1.79 bits per heavy atom. The van der Waals surface area contributed by atoms with Gasteiger partial charge >= 0.3 is 6.03 Å². The number of anilines is 1. The number of imide groups is 1. The summed E-state index contributed by atoms with van der Waals surface area (Å²) in [7, 11) is 1.65. The Bertz CT molecular complexity index is 816. The van der Waals surface area contributed by atoms with Crippen LogP contribution in [0.3, 0.4) is 0 Å². The number of urea groups is 1. The zero-order valence-electron chi connectivity index (χ0n) is 13.4.